The normalized spacial score (nSPS) is 15.0. The van der Waals surface area contributed by atoms with E-state index < -0.39 is 0 Å². The number of carbonyl (C=O) groups is 2. The van der Waals surface area contributed by atoms with E-state index in [9.17, 15) is 9.59 Å². The van der Waals surface area contributed by atoms with Crippen molar-refractivity contribution in [1.82, 2.24) is 5.32 Å². The van der Waals surface area contributed by atoms with Crippen LogP contribution in [0.2, 0.25) is 0 Å². The van der Waals surface area contributed by atoms with Gasteiger partial charge in [-0.3, -0.25) is 4.79 Å². The molecule has 6 heteroatoms. The van der Waals surface area contributed by atoms with Gasteiger partial charge in [-0.2, -0.15) is 0 Å². The molecule has 0 spiro atoms. The Kier molecular flexibility index (Phi) is 6.87. The van der Waals surface area contributed by atoms with Crippen LogP contribution in [0, 0.1) is 0 Å². The van der Waals surface area contributed by atoms with Crippen molar-refractivity contribution in [2.24, 2.45) is 5.73 Å². The van der Waals surface area contributed by atoms with Crippen LogP contribution < -0.4 is 21.7 Å². The summed E-state index contributed by atoms with van der Waals surface area (Å²) < 4.78 is 0. The van der Waals surface area contributed by atoms with Gasteiger partial charge in [0.1, 0.15) is 0 Å². The van der Waals surface area contributed by atoms with Crippen LogP contribution in [0.5, 0.6) is 0 Å². The molecule has 23 heavy (non-hydrogen) atoms. The number of rotatable bonds is 6. The Balaban J connectivity index is 1.91. The van der Waals surface area contributed by atoms with Gasteiger partial charge in [-0.15, -0.1) is 0 Å². The van der Waals surface area contributed by atoms with Gasteiger partial charge in [-0.05, 0) is 37.9 Å². The molecule has 0 aliphatic heterocycles. The summed E-state index contributed by atoms with van der Waals surface area (Å²) in [6, 6.07) is 7.22. The first-order chi connectivity index (χ1) is 11.2. The Morgan fingerprint density at radius 2 is 1.70 bits per heavy atom. The second kappa shape index (κ2) is 9.15. The average molecular weight is 318 g/mol. The zero-order valence-corrected chi connectivity index (χ0v) is 13.4. The topological polar surface area (TPSA) is 96.2 Å². The largest absolute Gasteiger partial charge is 0.335 e. The summed E-state index contributed by atoms with van der Waals surface area (Å²) in [5.41, 5.74) is 6.61. The molecule has 3 amide bonds. The van der Waals surface area contributed by atoms with Crippen LogP contribution in [0.3, 0.4) is 0 Å². The van der Waals surface area contributed by atoms with E-state index in [4.69, 9.17) is 5.73 Å². The van der Waals surface area contributed by atoms with Crippen LogP contribution in [0.4, 0.5) is 16.2 Å². The molecule has 0 saturated heterocycles. The smallest absolute Gasteiger partial charge is 0.319 e. The summed E-state index contributed by atoms with van der Waals surface area (Å²) in [6.45, 7) is 0.483. The summed E-state index contributed by atoms with van der Waals surface area (Å²) in [5.74, 6) is -0.0996. The van der Waals surface area contributed by atoms with Gasteiger partial charge in [-0.1, -0.05) is 31.4 Å². The van der Waals surface area contributed by atoms with E-state index in [1.54, 1.807) is 12.1 Å². The lowest BCUT2D eigenvalue weighted by atomic mass is 9.96. The molecule has 1 aromatic carbocycles. The van der Waals surface area contributed by atoms with Crippen molar-refractivity contribution in [2.75, 3.05) is 17.2 Å². The summed E-state index contributed by atoms with van der Waals surface area (Å²) in [5, 5.41) is 8.65. The molecule has 0 unspecified atom stereocenters. The van der Waals surface area contributed by atoms with E-state index in [2.05, 4.69) is 16.0 Å². The molecule has 0 bridgehead atoms. The molecule has 6 nitrogen and oxygen atoms in total. The van der Waals surface area contributed by atoms with Crippen molar-refractivity contribution in [3.63, 3.8) is 0 Å². The van der Waals surface area contributed by atoms with Crippen LogP contribution in [-0.2, 0) is 4.79 Å². The minimum absolute atomic E-state index is 0.0996. The number of hydrogen-bond acceptors (Lipinski definition) is 3. The fourth-order valence-corrected chi connectivity index (χ4v) is 2.77. The molecular weight excluding hydrogens is 292 g/mol. The van der Waals surface area contributed by atoms with Crippen LogP contribution in [-0.4, -0.2) is 24.5 Å². The number of amides is 3. The maximum Gasteiger partial charge on any atom is 0.319 e. The standard InChI is InChI=1S/C17H26N4O2/c18-12-6-11-16(22)20-14-9-4-5-10-15(14)21-17(23)19-13-7-2-1-3-8-13/h4-5,9-10,13H,1-3,6-8,11-12,18H2,(H,20,22)(H2,19,21,23). The number of carbonyl (C=O) groups excluding carboxylic acids is 2. The van der Waals surface area contributed by atoms with Crippen molar-refractivity contribution in [3.8, 4) is 0 Å². The number of nitrogens with one attached hydrogen (secondary N) is 3. The third-order valence-corrected chi connectivity index (χ3v) is 4.00. The zero-order valence-electron chi connectivity index (χ0n) is 13.4. The SMILES string of the molecule is NCCCC(=O)Nc1ccccc1NC(=O)NC1CCCCC1. The molecule has 1 aliphatic rings. The summed E-state index contributed by atoms with van der Waals surface area (Å²) in [6.07, 6.45) is 6.66. The van der Waals surface area contributed by atoms with Gasteiger partial charge >= 0.3 is 6.03 Å². The summed E-state index contributed by atoms with van der Waals surface area (Å²) >= 11 is 0. The lowest BCUT2D eigenvalue weighted by Crippen LogP contribution is -2.39. The molecule has 2 rings (SSSR count). The van der Waals surface area contributed by atoms with Crippen LogP contribution in [0.15, 0.2) is 24.3 Å². The molecule has 126 valence electrons. The van der Waals surface area contributed by atoms with Gasteiger partial charge in [0, 0.05) is 12.5 Å². The Labute approximate surface area is 137 Å². The molecule has 0 atom stereocenters. The van der Waals surface area contributed by atoms with Crippen molar-refractivity contribution < 1.29 is 9.59 Å². The molecular formula is C17H26N4O2. The predicted molar refractivity (Wildman–Crippen MR) is 92.4 cm³/mol. The van der Waals surface area contributed by atoms with Crippen molar-refractivity contribution in [2.45, 2.75) is 51.0 Å². The van der Waals surface area contributed by atoms with E-state index in [0.717, 1.165) is 12.8 Å². The van der Waals surface area contributed by atoms with Gasteiger partial charge in [0.2, 0.25) is 5.91 Å². The van der Waals surface area contributed by atoms with E-state index in [1.165, 1.54) is 19.3 Å². The molecule has 1 aliphatic carbocycles. The number of anilines is 2. The Morgan fingerprint density at radius 3 is 2.35 bits per heavy atom. The van der Waals surface area contributed by atoms with Gasteiger partial charge in [0.15, 0.2) is 0 Å². The molecule has 1 fully saturated rings. The van der Waals surface area contributed by atoms with E-state index >= 15 is 0 Å². The highest BCUT2D eigenvalue weighted by molar-refractivity contribution is 5.99. The third kappa shape index (κ3) is 5.90. The van der Waals surface area contributed by atoms with Crippen molar-refractivity contribution >= 4 is 23.3 Å². The Hall–Kier alpha value is -2.08. The van der Waals surface area contributed by atoms with Gasteiger partial charge in [0.25, 0.3) is 0 Å². The second-order valence-electron chi connectivity index (χ2n) is 5.92. The fourth-order valence-electron chi connectivity index (χ4n) is 2.77. The van der Waals surface area contributed by atoms with Gasteiger partial charge in [-0.25, -0.2) is 4.79 Å². The maximum atomic E-state index is 12.1. The van der Waals surface area contributed by atoms with E-state index in [0.29, 0.717) is 30.8 Å². The molecule has 0 radical (unpaired) electrons. The van der Waals surface area contributed by atoms with Gasteiger partial charge < -0.3 is 21.7 Å². The molecule has 0 heterocycles. The second-order valence-corrected chi connectivity index (χ2v) is 5.92. The highest BCUT2D eigenvalue weighted by atomic mass is 16.2. The maximum absolute atomic E-state index is 12.1. The Bertz CT molecular complexity index is 527. The number of hydrogen-bond donors (Lipinski definition) is 4. The predicted octanol–water partition coefficient (Wildman–Crippen LogP) is 2.82. The van der Waals surface area contributed by atoms with Crippen molar-refractivity contribution in [1.29, 1.82) is 0 Å². The molecule has 0 aromatic heterocycles. The molecule has 1 saturated carbocycles. The first-order valence-electron chi connectivity index (χ1n) is 8.35. The molecule has 1 aromatic rings. The lowest BCUT2D eigenvalue weighted by Gasteiger charge is -2.23. The fraction of sp³-hybridized carbons (Fsp3) is 0.529. The first kappa shape index (κ1) is 17.3. The van der Waals surface area contributed by atoms with E-state index in [1.807, 2.05) is 12.1 Å². The number of nitrogens with two attached hydrogens (primary N) is 1. The van der Waals surface area contributed by atoms with Crippen LogP contribution in [0.25, 0.3) is 0 Å². The lowest BCUT2D eigenvalue weighted by molar-refractivity contribution is -0.116. The van der Waals surface area contributed by atoms with Crippen LogP contribution >= 0.6 is 0 Å². The third-order valence-electron chi connectivity index (χ3n) is 4.00. The highest BCUT2D eigenvalue weighted by Crippen LogP contribution is 2.22. The number of urea groups is 1. The number of para-hydroxylation sites is 2. The minimum Gasteiger partial charge on any atom is -0.335 e. The monoisotopic (exact) mass is 318 g/mol. The molecule has 5 N–H and O–H groups in total. The first-order valence-corrected chi connectivity index (χ1v) is 8.35. The zero-order chi connectivity index (χ0) is 16.5. The van der Waals surface area contributed by atoms with Crippen LogP contribution in [0.1, 0.15) is 44.9 Å². The van der Waals surface area contributed by atoms with E-state index in [-0.39, 0.29) is 18.0 Å². The average Bonchev–Trinajstić information content (AvgIpc) is 2.55. The van der Waals surface area contributed by atoms with Gasteiger partial charge in [0.05, 0.1) is 11.4 Å². The number of benzene rings is 1. The quantitative estimate of drug-likeness (QED) is 0.649. The summed E-state index contributed by atoms with van der Waals surface area (Å²) in [4.78, 5) is 24.0. The summed E-state index contributed by atoms with van der Waals surface area (Å²) in [7, 11) is 0. The minimum atomic E-state index is -0.222. The Morgan fingerprint density at radius 1 is 1.04 bits per heavy atom. The highest BCUT2D eigenvalue weighted by Gasteiger charge is 2.16. The van der Waals surface area contributed by atoms with Crippen molar-refractivity contribution in [3.05, 3.63) is 24.3 Å².